The summed E-state index contributed by atoms with van der Waals surface area (Å²) in [7, 11) is 1.60. The molecule has 0 spiro atoms. The number of methoxy groups -OCH3 is 1. The Kier molecular flexibility index (Phi) is 11.6. The number of carbonyl (C=O) groups excluding carboxylic acids is 1. The summed E-state index contributed by atoms with van der Waals surface area (Å²) in [6.07, 6.45) is 1.47. The summed E-state index contributed by atoms with van der Waals surface area (Å²) in [5, 5.41) is 0. The van der Waals surface area contributed by atoms with Crippen molar-refractivity contribution >= 4 is 17.4 Å². The lowest BCUT2D eigenvalue weighted by Crippen LogP contribution is -1.91. The molecule has 1 aromatic rings. The Morgan fingerprint density at radius 3 is 1.87 bits per heavy atom. The Hall–Kier alpha value is -1.28. The minimum Gasteiger partial charge on any atom is -0.497 e. The van der Waals surface area contributed by atoms with E-state index in [1.807, 2.05) is 0 Å². The van der Waals surface area contributed by atoms with Gasteiger partial charge in [-0.3, -0.25) is 4.79 Å². The van der Waals surface area contributed by atoms with Crippen molar-refractivity contribution in [3.63, 3.8) is 0 Å². The van der Waals surface area contributed by atoms with Crippen molar-refractivity contribution in [2.45, 2.75) is 6.92 Å². The van der Waals surface area contributed by atoms with Gasteiger partial charge < -0.3 is 4.74 Å². The van der Waals surface area contributed by atoms with Gasteiger partial charge >= 0.3 is 0 Å². The van der Waals surface area contributed by atoms with E-state index in [1.54, 1.807) is 38.3 Å². The lowest BCUT2D eigenvalue weighted by molar-refractivity contribution is 0.101. The van der Waals surface area contributed by atoms with Crippen LogP contribution in [-0.4, -0.2) is 19.3 Å². The first-order valence-electron chi connectivity index (χ1n) is 4.27. The number of halogens is 1. The standard InChI is InChI=1S/C9H10O2.C2H4.CH3Cl/c1-7(10)8-3-5-9(11-2)6-4-8;2*1-2/h3-6H,1-2H3;1-2H2;1H3. The molecule has 0 N–H and O–H groups in total. The van der Waals surface area contributed by atoms with Crippen molar-refractivity contribution in [1.29, 1.82) is 0 Å². The summed E-state index contributed by atoms with van der Waals surface area (Å²) in [5.74, 6) is 0.850. The van der Waals surface area contributed by atoms with Crippen LogP contribution in [0.15, 0.2) is 37.4 Å². The van der Waals surface area contributed by atoms with Gasteiger partial charge in [0, 0.05) is 11.9 Å². The summed E-state index contributed by atoms with van der Waals surface area (Å²) in [4.78, 5) is 10.8. The average Bonchev–Trinajstić information content (AvgIpc) is 2.34. The Morgan fingerprint density at radius 2 is 1.60 bits per heavy atom. The number of Topliss-reactive ketones (excluding diaryl/α,β-unsaturated/α-hetero) is 1. The molecule has 0 amide bonds. The fourth-order valence-corrected chi connectivity index (χ4v) is 0.826. The summed E-state index contributed by atoms with van der Waals surface area (Å²) in [6, 6.07) is 7.05. The molecule has 84 valence electrons. The molecule has 0 fully saturated rings. The molecule has 1 rings (SSSR count). The van der Waals surface area contributed by atoms with Crippen LogP contribution in [0, 0.1) is 0 Å². The van der Waals surface area contributed by atoms with E-state index in [2.05, 4.69) is 24.8 Å². The van der Waals surface area contributed by atoms with E-state index in [1.165, 1.54) is 6.38 Å². The lowest BCUT2D eigenvalue weighted by atomic mass is 10.1. The molecule has 0 saturated heterocycles. The van der Waals surface area contributed by atoms with Gasteiger partial charge in [-0.2, -0.15) is 0 Å². The third kappa shape index (κ3) is 6.75. The third-order valence-corrected chi connectivity index (χ3v) is 1.50. The molecule has 0 radical (unpaired) electrons. The van der Waals surface area contributed by atoms with Crippen molar-refractivity contribution in [1.82, 2.24) is 0 Å². The normalized spacial score (nSPS) is 7.47. The number of ether oxygens (including phenoxy) is 1. The molecule has 0 unspecified atom stereocenters. The minimum absolute atomic E-state index is 0.0765. The van der Waals surface area contributed by atoms with Crippen LogP contribution in [-0.2, 0) is 0 Å². The fourth-order valence-electron chi connectivity index (χ4n) is 0.826. The van der Waals surface area contributed by atoms with Crippen molar-refractivity contribution < 1.29 is 9.53 Å². The number of benzene rings is 1. The molecular weight excluding hydrogens is 212 g/mol. The SMILES string of the molecule is C=C.CCl.COc1ccc(C(C)=O)cc1. The monoisotopic (exact) mass is 228 g/mol. The molecule has 0 bridgehead atoms. The quantitative estimate of drug-likeness (QED) is 0.440. The zero-order valence-corrected chi connectivity index (χ0v) is 10.2. The minimum atomic E-state index is 0.0765. The summed E-state index contributed by atoms with van der Waals surface area (Å²) < 4.78 is 4.94. The first-order chi connectivity index (χ1) is 7.24. The zero-order chi connectivity index (χ0) is 12.3. The maximum Gasteiger partial charge on any atom is 0.159 e. The predicted octanol–water partition coefficient (Wildman–Crippen LogP) is 3.56. The van der Waals surface area contributed by atoms with Gasteiger partial charge in [0.1, 0.15) is 5.75 Å². The van der Waals surface area contributed by atoms with Crippen molar-refractivity contribution in [2.75, 3.05) is 13.5 Å². The topological polar surface area (TPSA) is 26.3 Å². The van der Waals surface area contributed by atoms with Crippen LogP contribution in [0.4, 0.5) is 0 Å². The molecule has 0 atom stereocenters. The Balaban J connectivity index is 0. The molecule has 0 heterocycles. The van der Waals surface area contributed by atoms with Gasteiger partial charge in [-0.25, -0.2) is 0 Å². The summed E-state index contributed by atoms with van der Waals surface area (Å²) in [5.41, 5.74) is 0.714. The average molecular weight is 229 g/mol. The van der Waals surface area contributed by atoms with Crippen LogP contribution in [0.2, 0.25) is 0 Å². The molecule has 0 aromatic heterocycles. The van der Waals surface area contributed by atoms with Gasteiger partial charge in [-0.15, -0.1) is 24.8 Å². The zero-order valence-electron chi connectivity index (χ0n) is 9.42. The number of hydrogen-bond acceptors (Lipinski definition) is 2. The molecule has 0 aliphatic heterocycles. The van der Waals surface area contributed by atoms with E-state index in [0.29, 0.717) is 5.56 Å². The van der Waals surface area contributed by atoms with Crippen LogP contribution in [0.1, 0.15) is 17.3 Å². The Morgan fingerprint density at radius 1 is 1.20 bits per heavy atom. The van der Waals surface area contributed by atoms with Gasteiger partial charge in [0.15, 0.2) is 5.78 Å². The number of hydrogen-bond donors (Lipinski definition) is 0. The molecule has 1 aromatic carbocycles. The van der Waals surface area contributed by atoms with Gasteiger partial charge in [0.05, 0.1) is 7.11 Å². The lowest BCUT2D eigenvalue weighted by Gasteiger charge is -1.98. The molecule has 15 heavy (non-hydrogen) atoms. The molecule has 0 saturated carbocycles. The highest BCUT2D eigenvalue weighted by atomic mass is 35.5. The van der Waals surface area contributed by atoms with Crippen molar-refractivity contribution in [3.05, 3.63) is 43.0 Å². The van der Waals surface area contributed by atoms with Crippen molar-refractivity contribution in [3.8, 4) is 5.75 Å². The van der Waals surface area contributed by atoms with Crippen LogP contribution in [0.25, 0.3) is 0 Å². The second-order valence-corrected chi connectivity index (χ2v) is 2.28. The van der Waals surface area contributed by atoms with Gasteiger partial charge in [-0.05, 0) is 31.2 Å². The third-order valence-electron chi connectivity index (χ3n) is 1.50. The number of carbonyl (C=O) groups is 1. The number of rotatable bonds is 2. The molecule has 2 nitrogen and oxygen atoms in total. The van der Waals surface area contributed by atoms with E-state index in [9.17, 15) is 4.79 Å². The van der Waals surface area contributed by atoms with Crippen LogP contribution in [0.5, 0.6) is 5.75 Å². The Labute approximate surface area is 96.5 Å². The fraction of sp³-hybridized carbons (Fsp3) is 0.250. The largest absolute Gasteiger partial charge is 0.497 e. The maximum absolute atomic E-state index is 10.8. The van der Waals surface area contributed by atoms with E-state index in [-0.39, 0.29) is 5.78 Å². The van der Waals surface area contributed by atoms with E-state index >= 15 is 0 Å². The number of alkyl halides is 1. The first kappa shape index (κ1) is 16.2. The maximum atomic E-state index is 10.8. The first-order valence-corrected chi connectivity index (χ1v) is 5.02. The van der Waals surface area contributed by atoms with Crippen LogP contribution in [0.3, 0.4) is 0 Å². The van der Waals surface area contributed by atoms with Gasteiger partial charge in [0.2, 0.25) is 0 Å². The Bertz CT molecular complexity index is 267. The second-order valence-electron chi connectivity index (χ2n) is 2.28. The predicted molar refractivity (Wildman–Crippen MR) is 66.0 cm³/mol. The number of ketones is 1. The summed E-state index contributed by atoms with van der Waals surface area (Å²) in [6.45, 7) is 7.54. The highest BCUT2D eigenvalue weighted by Gasteiger charge is 1.97. The highest BCUT2D eigenvalue weighted by molar-refractivity contribution is 6.15. The van der Waals surface area contributed by atoms with Crippen LogP contribution < -0.4 is 4.74 Å². The van der Waals surface area contributed by atoms with Gasteiger partial charge in [0.25, 0.3) is 0 Å². The van der Waals surface area contributed by atoms with Crippen molar-refractivity contribution in [2.24, 2.45) is 0 Å². The molecule has 0 aliphatic carbocycles. The smallest absolute Gasteiger partial charge is 0.159 e. The summed E-state index contributed by atoms with van der Waals surface area (Å²) >= 11 is 4.64. The highest BCUT2D eigenvalue weighted by Crippen LogP contribution is 2.11. The van der Waals surface area contributed by atoms with E-state index in [0.717, 1.165) is 5.75 Å². The van der Waals surface area contributed by atoms with E-state index < -0.39 is 0 Å². The van der Waals surface area contributed by atoms with Gasteiger partial charge in [-0.1, -0.05) is 0 Å². The molecule has 3 heteroatoms. The molecule has 0 aliphatic rings. The van der Waals surface area contributed by atoms with E-state index in [4.69, 9.17) is 4.74 Å². The second kappa shape index (κ2) is 10.8. The van der Waals surface area contributed by atoms with Crippen LogP contribution >= 0.6 is 11.6 Å². The molecular formula is C12H17ClO2.